The van der Waals surface area contributed by atoms with Crippen LogP contribution in [-0.2, 0) is 4.74 Å². The van der Waals surface area contributed by atoms with Gasteiger partial charge in [-0.1, -0.05) is 18.2 Å². The number of hydrogen-bond donors (Lipinski definition) is 1. The first-order chi connectivity index (χ1) is 22.3. The molecular formula is C35H20N4O7. The lowest BCUT2D eigenvalue weighted by atomic mass is 10.1. The van der Waals surface area contributed by atoms with Crippen molar-refractivity contribution in [1.29, 1.82) is 0 Å². The van der Waals surface area contributed by atoms with Crippen LogP contribution < -0.4 is 15.0 Å². The zero-order chi connectivity index (χ0) is 31.8. The summed E-state index contributed by atoms with van der Waals surface area (Å²) in [6.45, 7) is 0. The van der Waals surface area contributed by atoms with E-state index in [1.807, 2.05) is 30.3 Å². The molecule has 2 aliphatic rings. The summed E-state index contributed by atoms with van der Waals surface area (Å²) >= 11 is 0. The van der Waals surface area contributed by atoms with Gasteiger partial charge in [-0.3, -0.25) is 14.4 Å². The molecule has 11 heteroatoms. The zero-order valence-electron chi connectivity index (χ0n) is 23.7. The highest BCUT2D eigenvalue weighted by Gasteiger charge is 2.37. The van der Waals surface area contributed by atoms with E-state index in [1.165, 1.54) is 30.3 Å². The normalized spacial score (nSPS) is 13.5. The molecule has 0 fully saturated rings. The molecule has 5 aromatic carbocycles. The van der Waals surface area contributed by atoms with Gasteiger partial charge in [0.1, 0.15) is 11.5 Å². The largest absolute Gasteiger partial charge is 0.457 e. The first-order valence-corrected chi connectivity index (χ1v) is 13.9. The summed E-state index contributed by atoms with van der Waals surface area (Å²) in [6, 6.07) is 31.0. The Labute approximate surface area is 260 Å². The lowest BCUT2D eigenvalue weighted by Gasteiger charge is -2.13. The van der Waals surface area contributed by atoms with E-state index < -0.39 is 29.7 Å². The van der Waals surface area contributed by atoms with E-state index >= 15 is 0 Å². The number of anilines is 2. The number of hydrogen-bond acceptors (Lipinski definition) is 9. The number of imide groups is 1. The van der Waals surface area contributed by atoms with Gasteiger partial charge in [-0.15, -0.1) is 0 Å². The van der Waals surface area contributed by atoms with Crippen molar-refractivity contribution in [3.63, 3.8) is 0 Å². The lowest BCUT2D eigenvalue weighted by Crippen LogP contribution is -2.29. The van der Waals surface area contributed by atoms with Gasteiger partial charge in [0.15, 0.2) is 0 Å². The molecule has 2 aliphatic heterocycles. The van der Waals surface area contributed by atoms with Crippen LogP contribution in [0.2, 0.25) is 0 Å². The number of cyclic esters (lactones) is 2. The van der Waals surface area contributed by atoms with Crippen LogP contribution in [0, 0.1) is 0 Å². The van der Waals surface area contributed by atoms with E-state index in [9.17, 15) is 24.0 Å². The maximum Gasteiger partial charge on any atom is 0.347 e. The maximum absolute atomic E-state index is 13.3. The summed E-state index contributed by atoms with van der Waals surface area (Å²) in [5, 5.41) is 11.1. The smallest absolute Gasteiger partial charge is 0.347 e. The summed E-state index contributed by atoms with van der Waals surface area (Å²) in [5.74, 6) is -2.19. The average molecular weight is 609 g/mol. The number of amides is 3. The predicted octanol–water partition coefficient (Wildman–Crippen LogP) is 7.26. The van der Waals surface area contributed by atoms with Crippen molar-refractivity contribution >= 4 is 52.4 Å². The van der Waals surface area contributed by atoms with Gasteiger partial charge >= 0.3 is 11.9 Å². The molecule has 0 aromatic heterocycles. The Hall–Kier alpha value is -6.75. The summed E-state index contributed by atoms with van der Waals surface area (Å²) < 4.78 is 10.4. The minimum atomic E-state index is -0.731. The fourth-order valence-corrected chi connectivity index (χ4v) is 4.97. The van der Waals surface area contributed by atoms with E-state index in [4.69, 9.17) is 4.74 Å². The minimum absolute atomic E-state index is 0.120. The molecule has 1 N–H and O–H groups in total. The van der Waals surface area contributed by atoms with Crippen LogP contribution in [0.1, 0.15) is 51.8 Å². The first-order valence-electron chi connectivity index (χ1n) is 13.9. The van der Waals surface area contributed by atoms with Gasteiger partial charge < -0.3 is 14.8 Å². The molecule has 46 heavy (non-hydrogen) atoms. The lowest BCUT2D eigenvalue weighted by molar-refractivity contribution is 0.0443. The third-order valence-electron chi connectivity index (χ3n) is 7.26. The third kappa shape index (κ3) is 5.28. The van der Waals surface area contributed by atoms with Gasteiger partial charge in [0.05, 0.1) is 39.3 Å². The second-order valence-corrected chi connectivity index (χ2v) is 10.2. The van der Waals surface area contributed by atoms with Crippen LogP contribution in [0.5, 0.6) is 11.5 Å². The molecule has 3 amide bonds. The molecule has 0 saturated carbocycles. The Balaban J connectivity index is 1.01. The third-order valence-corrected chi connectivity index (χ3v) is 7.26. The Morgan fingerprint density at radius 2 is 1.24 bits per heavy atom. The van der Waals surface area contributed by atoms with Crippen LogP contribution in [-0.4, -0.2) is 29.7 Å². The van der Waals surface area contributed by atoms with Gasteiger partial charge in [0.25, 0.3) is 17.7 Å². The number of carbonyl (C=O) groups excluding carboxylic acids is 5. The minimum Gasteiger partial charge on any atom is -0.457 e. The predicted molar refractivity (Wildman–Crippen MR) is 165 cm³/mol. The number of rotatable bonds is 7. The fourth-order valence-electron chi connectivity index (χ4n) is 4.97. The highest BCUT2D eigenvalue weighted by Crippen LogP contribution is 2.32. The molecule has 5 aromatic rings. The molecule has 0 atom stereocenters. The molecule has 7 rings (SSSR count). The molecule has 11 nitrogen and oxygen atoms in total. The number of esters is 2. The summed E-state index contributed by atoms with van der Waals surface area (Å²) in [6.07, 6.45) is 0. The number of azo groups is 1. The SMILES string of the molecule is O=C(Nc1ccc(Oc2ccc3c(c2)C(=O)OC3=O)cc1)c1ccc2c(c1)C(=O)N(c1ccc(N=Nc3ccccc3)cc1)C2=O. The average Bonchev–Trinajstić information content (AvgIpc) is 3.51. The van der Waals surface area contributed by atoms with Crippen LogP contribution in [0.4, 0.5) is 22.7 Å². The van der Waals surface area contributed by atoms with Crippen LogP contribution in [0.3, 0.4) is 0 Å². The van der Waals surface area contributed by atoms with Gasteiger partial charge in [0, 0.05) is 11.3 Å². The molecular weight excluding hydrogens is 588 g/mol. The number of benzene rings is 5. The molecule has 0 spiro atoms. The Morgan fingerprint density at radius 1 is 0.609 bits per heavy atom. The van der Waals surface area contributed by atoms with Crippen molar-refractivity contribution < 1.29 is 33.4 Å². The second kappa shape index (κ2) is 11.4. The van der Waals surface area contributed by atoms with Gasteiger partial charge in [0.2, 0.25) is 0 Å². The van der Waals surface area contributed by atoms with E-state index in [2.05, 4.69) is 20.3 Å². The second-order valence-electron chi connectivity index (χ2n) is 10.2. The summed E-state index contributed by atoms with van der Waals surface area (Å²) in [5.41, 5.74) is 2.88. The summed E-state index contributed by atoms with van der Waals surface area (Å²) in [7, 11) is 0. The van der Waals surface area contributed by atoms with Crippen molar-refractivity contribution in [2.24, 2.45) is 10.2 Å². The summed E-state index contributed by atoms with van der Waals surface area (Å²) in [4.78, 5) is 64.0. The number of carbonyl (C=O) groups is 5. The van der Waals surface area contributed by atoms with Crippen LogP contribution in [0.15, 0.2) is 125 Å². The molecule has 0 saturated heterocycles. The quantitative estimate of drug-likeness (QED) is 0.0886. The van der Waals surface area contributed by atoms with Crippen molar-refractivity contribution in [3.8, 4) is 11.5 Å². The van der Waals surface area contributed by atoms with Crippen molar-refractivity contribution in [2.75, 3.05) is 10.2 Å². The molecule has 0 aliphatic carbocycles. The first kappa shape index (κ1) is 28.0. The van der Waals surface area contributed by atoms with Gasteiger partial charge in [-0.05, 0) is 97.1 Å². The van der Waals surface area contributed by atoms with E-state index in [1.54, 1.807) is 54.6 Å². The highest BCUT2D eigenvalue weighted by atomic mass is 16.6. The molecule has 0 bridgehead atoms. The highest BCUT2D eigenvalue weighted by molar-refractivity contribution is 6.34. The Kier molecular flexibility index (Phi) is 6.95. The van der Waals surface area contributed by atoms with Gasteiger partial charge in [-0.2, -0.15) is 10.2 Å². The zero-order valence-corrected chi connectivity index (χ0v) is 23.7. The maximum atomic E-state index is 13.3. The Bertz CT molecular complexity index is 2110. The van der Waals surface area contributed by atoms with Crippen LogP contribution >= 0.6 is 0 Å². The van der Waals surface area contributed by atoms with Crippen LogP contribution in [0.25, 0.3) is 0 Å². The number of fused-ring (bicyclic) bond motifs is 2. The molecule has 0 radical (unpaired) electrons. The van der Waals surface area contributed by atoms with E-state index in [0.29, 0.717) is 34.2 Å². The van der Waals surface area contributed by atoms with Crippen molar-refractivity contribution in [3.05, 3.63) is 143 Å². The number of nitrogens with one attached hydrogen (secondary N) is 1. The van der Waals surface area contributed by atoms with E-state index in [-0.39, 0.29) is 27.8 Å². The molecule has 0 unspecified atom stereocenters. The van der Waals surface area contributed by atoms with E-state index in [0.717, 1.165) is 4.90 Å². The number of nitrogens with zero attached hydrogens (tertiary/aromatic N) is 3. The van der Waals surface area contributed by atoms with Crippen molar-refractivity contribution in [2.45, 2.75) is 0 Å². The Morgan fingerprint density at radius 3 is 1.98 bits per heavy atom. The standard InChI is InChI=1S/C35H20N4O7/c40-31(36-21-9-13-25(14-10-21)45-26-15-17-28-30(19-26)35(44)46-34(28)43)20-6-16-27-29(18-20)33(42)39(32(27)41)24-11-7-23(8-12-24)38-37-22-4-2-1-3-5-22/h1-19H,(H,36,40). The van der Waals surface area contributed by atoms with Gasteiger partial charge in [-0.25, -0.2) is 14.5 Å². The number of ether oxygens (including phenoxy) is 2. The monoisotopic (exact) mass is 608 g/mol. The fraction of sp³-hybridized carbons (Fsp3) is 0. The van der Waals surface area contributed by atoms with Crippen molar-refractivity contribution in [1.82, 2.24) is 0 Å². The molecule has 222 valence electrons. The topological polar surface area (TPSA) is 144 Å². The molecule has 2 heterocycles.